The molecule has 36 heavy (non-hydrogen) atoms. The monoisotopic (exact) mass is 507 g/mol. The molecule has 0 aromatic heterocycles. The van der Waals surface area contributed by atoms with Crippen LogP contribution in [0.4, 0.5) is 11.4 Å². The zero-order chi connectivity index (χ0) is 25.8. The van der Waals surface area contributed by atoms with Gasteiger partial charge in [-0.05, 0) is 48.4 Å². The molecule has 184 valence electrons. The smallest absolute Gasteiger partial charge is 0.288 e. The zero-order valence-electron chi connectivity index (χ0n) is 19.3. The molecule has 3 aromatic rings. The summed E-state index contributed by atoms with van der Waals surface area (Å²) in [6.45, 7) is 0.124. The highest BCUT2D eigenvalue weighted by Crippen LogP contribution is 2.30. The van der Waals surface area contributed by atoms with Crippen molar-refractivity contribution in [2.75, 3.05) is 18.6 Å². The lowest BCUT2D eigenvalue weighted by Crippen LogP contribution is -2.46. The fourth-order valence-corrected chi connectivity index (χ4v) is 4.29. The summed E-state index contributed by atoms with van der Waals surface area (Å²) in [7, 11) is 1.51. The number of hydrogen-bond acceptors (Lipinski definition) is 6. The number of ether oxygens (including phenoxy) is 1. The molecule has 0 aliphatic carbocycles. The second kappa shape index (κ2) is 10.6. The van der Waals surface area contributed by atoms with Crippen molar-refractivity contribution in [1.82, 2.24) is 4.90 Å². The van der Waals surface area contributed by atoms with Crippen LogP contribution in [0.5, 0.6) is 5.75 Å². The molecule has 1 heterocycles. The van der Waals surface area contributed by atoms with Gasteiger partial charge in [-0.25, -0.2) is 4.90 Å². The number of methoxy groups -OCH3 is 1. The Bertz CT molecular complexity index is 1310. The van der Waals surface area contributed by atoms with Crippen LogP contribution in [-0.2, 0) is 16.0 Å². The van der Waals surface area contributed by atoms with Gasteiger partial charge in [-0.15, -0.1) is 0 Å². The number of rotatable bonds is 8. The van der Waals surface area contributed by atoms with E-state index in [2.05, 4.69) is 0 Å². The van der Waals surface area contributed by atoms with Crippen molar-refractivity contribution in [3.63, 3.8) is 0 Å². The Morgan fingerprint density at radius 1 is 1.11 bits per heavy atom. The first-order valence-corrected chi connectivity index (χ1v) is 11.5. The molecular formula is C26H22ClN3O6. The van der Waals surface area contributed by atoms with Crippen LogP contribution in [0, 0.1) is 10.1 Å². The van der Waals surface area contributed by atoms with E-state index < -0.39 is 34.4 Å². The topological polar surface area (TPSA) is 110 Å². The van der Waals surface area contributed by atoms with Gasteiger partial charge >= 0.3 is 0 Å². The molecule has 3 amide bonds. The molecule has 10 heteroatoms. The largest absolute Gasteiger partial charge is 0.497 e. The summed E-state index contributed by atoms with van der Waals surface area (Å²) in [4.78, 5) is 53.0. The third-order valence-corrected chi connectivity index (χ3v) is 6.28. The van der Waals surface area contributed by atoms with E-state index >= 15 is 0 Å². The van der Waals surface area contributed by atoms with E-state index in [0.717, 1.165) is 16.5 Å². The number of nitro benzene ring substituents is 1. The van der Waals surface area contributed by atoms with Crippen LogP contribution in [0.15, 0.2) is 72.8 Å². The Kier molecular flexibility index (Phi) is 7.30. The van der Waals surface area contributed by atoms with Crippen LogP contribution in [0.3, 0.4) is 0 Å². The fraction of sp³-hybridized carbons (Fsp3) is 0.192. The number of amides is 3. The number of carbonyl (C=O) groups is 3. The average molecular weight is 508 g/mol. The SMILES string of the molecule is COc1ccc(N2C(=O)CC(N(CCc3ccccc3)C(=O)c3ccc(Cl)c([N+](=O)[O-])c3)C2=O)cc1. The van der Waals surface area contributed by atoms with Gasteiger partial charge in [0.15, 0.2) is 0 Å². The normalized spacial score (nSPS) is 15.2. The molecule has 0 spiro atoms. The van der Waals surface area contributed by atoms with Gasteiger partial charge in [0.1, 0.15) is 16.8 Å². The van der Waals surface area contributed by atoms with Crippen LogP contribution in [0.2, 0.25) is 5.02 Å². The molecule has 0 radical (unpaired) electrons. The lowest BCUT2D eigenvalue weighted by Gasteiger charge is -2.28. The molecule has 1 aliphatic heterocycles. The number of benzene rings is 3. The van der Waals surface area contributed by atoms with Crippen molar-refractivity contribution in [2.24, 2.45) is 0 Å². The van der Waals surface area contributed by atoms with E-state index in [0.29, 0.717) is 17.9 Å². The number of anilines is 1. The van der Waals surface area contributed by atoms with Gasteiger partial charge in [-0.2, -0.15) is 0 Å². The summed E-state index contributed by atoms with van der Waals surface area (Å²) in [5, 5.41) is 11.2. The number of halogens is 1. The van der Waals surface area contributed by atoms with Gasteiger partial charge in [0.25, 0.3) is 17.5 Å². The van der Waals surface area contributed by atoms with E-state index in [1.807, 2.05) is 30.3 Å². The molecule has 1 fully saturated rings. The molecule has 3 aromatic carbocycles. The molecule has 0 bridgehead atoms. The average Bonchev–Trinajstić information content (AvgIpc) is 3.18. The minimum atomic E-state index is -1.06. The maximum atomic E-state index is 13.6. The van der Waals surface area contributed by atoms with Crippen molar-refractivity contribution in [3.05, 3.63) is 99.1 Å². The second-order valence-electron chi connectivity index (χ2n) is 8.14. The molecule has 1 unspecified atom stereocenters. The fourth-order valence-electron chi connectivity index (χ4n) is 4.11. The summed E-state index contributed by atoms with van der Waals surface area (Å²) in [5.41, 5.74) is 0.883. The number of nitrogens with zero attached hydrogens (tertiary/aromatic N) is 3. The summed E-state index contributed by atoms with van der Waals surface area (Å²) < 4.78 is 5.14. The van der Waals surface area contributed by atoms with Crippen molar-refractivity contribution < 1.29 is 24.0 Å². The van der Waals surface area contributed by atoms with E-state index in [1.54, 1.807) is 24.3 Å². The maximum Gasteiger partial charge on any atom is 0.288 e. The van der Waals surface area contributed by atoms with Crippen LogP contribution >= 0.6 is 11.6 Å². The van der Waals surface area contributed by atoms with Gasteiger partial charge in [-0.1, -0.05) is 41.9 Å². The van der Waals surface area contributed by atoms with Crippen LogP contribution in [-0.4, -0.2) is 47.2 Å². The Labute approximate surface area is 212 Å². The van der Waals surface area contributed by atoms with E-state index in [1.165, 1.54) is 24.1 Å². The maximum absolute atomic E-state index is 13.6. The van der Waals surface area contributed by atoms with Crippen molar-refractivity contribution in [2.45, 2.75) is 18.9 Å². The minimum absolute atomic E-state index is 0.00214. The van der Waals surface area contributed by atoms with Crippen LogP contribution in [0.25, 0.3) is 0 Å². The highest BCUT2D eigenvalue weighted by molar-refractivity contribution is 6.32. The van der Waals surface area contributed by atoms with Crippen molar-refractivity contribution in [3.8, 4) is 5.75 Å². The number of imide groups is 1. The standard InChI is InChI=1S/C26H22ClN3O6/c1-36-20-10-8-19(9-11-20)29-24(31)16-23(26(29)33)28(14-13-17-5-3-2-4-6-17)25(32)18-7-12-21(27)22(15-18)30(34)35/h2-12,15,23H,13-14,16H2,1H3. The minimum Gasteiger partial charge on any atom is -0.497 e. The number of carbonyl (C=O) groups excluding carboxylic acids is 3. The summed E-state index contributed by atoms with van der Waals surface area (Å²) in [6.07, 6.45) is 0.212. The zero-order valence-corrected chi connectivity index (χ0v) is 20.1. The third kappa shape index (κ3) is 5.06. The Morgan fingerprint density at radius 2 is 1.81 bits per heavy atom. The molecule has 1 atom stereocenters. The quantitative estimate of drug-likeness (QED) is 0.256. The van der Waals surface area contributed by atoms with Gasteiger partial charge in [0.05, 0.1) is 24.1 Å². The first-order chi connectivity index (χ1) is 17.3. The molecule has 9 nitrogen and oxygen atoms in total. The second-order valence-corrected chi connectivity index (χ2v) is 8.55. The predicted molar refractivity (Wildman–Crippen MR) is 133 cm³/mol. The summed E-state index contributed by atoms with van der Waals surface area (Å²) in [5.74, 6) is -1.03. The van der Waals surface area contributed by atoms with Gasteiger partial charge in [0, 0.05) is 18.2 Å². The Morgan fingerprint density at radius 3 is 2.44 bits per heavy atom. The highest BCUT2D eigenvalue weighted by atomic mass is 35.5. The van der Waals surface area contributed by atoms with Gasteiger partial charge in [-0.3, -0.25) is 24.5 Å². The predicted octanol–water partition coefficient (Wildman–Crippen LogP) is 4.27. The van der Waals surface area contributed by atoms with E-state index in [4.69, 9.17) is 16.3 Å². The number of hydrogen-bond donors (Lipinski definition) is 0. The highest BCUT2D eigenvalue weighted by Gasteiger charge is 2.44. The molecule has 1 aliphatic rings. The van der Waals surface area contributed by atoms with Crippen LogP contribution < -0.4 is 9.64 Å². The summed E-state index contributed by atoms with van der Waals surface area (Å²) >= 11 is 5.91. The Balaban J connectivity index is 1.67. The first-order valence-electron chi connectivity index (χ1n) is 11.1. The van der Waals surface area contributed by atoms with E-state index in [9.17, 15) is 24.5 Å². The van der Waals surface area contributed by atoms with Gasteiger partial charge < -0.3 is 9.64 Å². The molecule has 1 saturated heterocycles. The first kappa shape index (κ1) is 24.9. The Hall–Kier alpha value is -4.24. The molecule has 0 saturated carbocycles. The molecular weight excluding hydrogens is 486 g/mol. The third-order valence-electron chi connectivity index (χ3n) is 5.96. The number of nitro groups is 1. The molecule has 4 rings (SSSR count). The van der Waals surface area contributed by atoms with Crippen LogP contribution in [0.1, 0.15) is 22.3 Å². The van der Waals surface area contributed by atoms with Crippen molar-refractivity contribution >= 4 is 40.7 Å². The summed E-state index contributed by atoms with van der Waals surface area (Å²) in [6, 6.07) is 18.5. The van der Waals surface area contributed by atoms with E-state index in [-0.39, 0.29) is 23.6 Å². The van der Waals surface area contributed by atoms with Crippen molar-refractivity contribution in [1.29, 1.82) is 0 Å². The molecule has 0 N–H and O–H groups in total. The lowest BCUT2D eigenvalue weighted by molar-refractivity contribution is -0.384. The van der Waals surface area contributed by atoms with Gasteiger partial charge in [0.2, 0.25) is 5.91 Å². The lowest BCUT2D eigenvalue weighted by atomic mass is 10.1.